The zero-order chi connectivity index (χ0) is 97.6. The maximum Gasteiger partial charge on any atom is 0.335 e. The van der Waals surface area contributed by atoms with Gasteiger partial charge in [0.2, 0.25) is 29.5 Å². The highest BCUT2D eigenvalue weighted by Crippen LogP contribution is 2.41. The lowest BCUT2D eigenvalue weighted by Crippen LogP contribution is -2.72. The van der Waals surface area contributed by atoms with E-state index in [2.05, 4.69) is 26.6 Å². The van der Waals surface area contributed by atoms with Crippen molar-refractivity contribution in [1.29, 1.82) is 0 Å². The summed E-state index contributed by atoms with van der Waals surface area (Å²) in [6, 6.07) is -10.3. The van der Waals surface area contributed by atoms with Gasteiger partial charge in [-0.1, -0.05) is 0 Å². The second-order valence-electron chi connectivity index (χ2n) is 31.6. The van der Waals surface area contributed by atoms with E-state index in [1.165, 1.54) is 0 Å². The van der Waals surface area contributed by atoms with Crippen LogP contribution < -0.4 is 26.6 Å². The molecule has 0 aromatic heterocycles. The Morgan fingerprint density at radius 2 is 0.496 bits per heavy atom. The van der Waals surface area contributed by atoms with Crippen LogP contribution in [0.25, 0.3) is 0 Å². The molecule has 61 heteroatoms. The van der Waals surface area contributed by atoms with E-state index in [0.717, 1.165) is 34.6 Å². The number of aliphatic carboxylic acids is 5. The van der Waals surface area contributed by atoms with Crippen LogP contribution in [0.5, 0.6) is 0 Å². The molecule has 0 saturated carbocycles. The molecule has 750 valence electrons. The SMILES string of the molecule is CC(=O)N[C@H]1[C@H](O[C@H]2[C@H](O)[C@@H](O)[C@H](O[C@H]3[C@H](O)[C@@H](CO)O[C@@H](O[C@H]4[C@H](O)[C@@H](O)[C@H](O[C@H]5[C@H](O)[C@@H](CO)O[C@@H](O[C@H]6[C@H](O)[C@@H](O)[C@H](O[C@H]7[C@H](O)[C@@H](CO)O[C@@H](O[C@H]8[C@H](O)[C@@H](O)[C@H](O[C@@H]([C@H](O)[C@H](O)CO)[C@H](CO)NC(C)=O)O[C@@H]8C(=O)O)[C@@H]7NC(C)=O)O[C@@H]6C(=O)O)[C@@H]5NC(C)=O)O[C@@H]4C(=O)O)[C@@H]3NC(C)=O)O[C@@H]2C(=O)O)O[C@H](CO)[C@@H](O)[C@@H]1O[C@@H]1O[C@H](C(=O)O)[C@@H](O)[C@H](O)[C@H]1O. The summed E-state index contributed by atoms with van der Waals surface area (Å²) in [5, 5.41) is 319. The largest absolute Gasteiger partial charge is 0.479 e. The van der Waals surface area contributed by atoms with Crippen molar-refractivity contribution < 1.29 is 276 Å². The third-order valence-electron chi connectivity index (χ3n) is 22.4. The van der Waals surface area contributed by atoms with Crippen LogP contribution in [0.15, 0.2) is 0 Å². The molecule has 9 aliphatic heterocycles. The number of carbonyl (C=O) groups is 10. The molecular formula is C70H109N5O56. The molecule has 9 aliphatic rings. The van der Waals surface area contributed by atoms with Gasteiger partial charge in [0.25, 0.3) is 0 Å². The van der Waals surface area contributed by atoms with Crippen LogP contribution in [0.3, 0.4) is 0 Å². The maximum absolute atomic E-state index is 13.4. The molecular weight excluding hydrogens is 1810 g/mol. The average Bonchev–Trinajstić information content (AvgIpc) is 0.749. The van der Waals surface area contributed by atoms with Crippen LogP contribution in [0, 0.1) is 0 Å². The Morgan fingerprint density at radius 3 is 0.718 bits per heavy atom. The second kappa shape index (κ2) is 46.3. The zero-order valence-electron chi connectivity index (χ0n) is 69.0. The summed E-state index contributed by atoms with van der Waals surface area (Å²) in [4.78, 5) is 129. The summed E-state index contributed by atoms with van der Waals surface area (Å²) >= 11 is 0. The van der Waals surface area contributed by atoms with Gasteiger partial charge in [0, 0.05) is 34.6 Å². The normalized spacial score (nSPS) is 44.3. The molecule has 131 heavy (non-hydrogen) atoms. The second-order valence-corrected chi connectivity index (χ2v) is 31.6. The summed E-state index contributed by atoms with van der Waals surface area (Å²) in [5.41, 5.74) is 0. The minimum absolute atomic E-state index is 0.791. The number of carbonyl (C=O) groups excluding carboxylic acids is 5. The number of aliphatic hydroxyl groups excluding tert-OH is 23. The van der Waals surface area contributed by atoms with E-state index < -0.39 is 399 Å². The minimum Gasteiger partial charge on any atom is -0.479 e. The van der Waals surface area contributed by atoms with Crippen molar-refractivity contribution in [1.82, 2.24) is 26.6 Å². The number of rotatable bonds is 37. The van der Waals surface area contributed by atoms with E-state index in [-0.39, 0.29) is 0 Å². The average molecular weight is 1920 g/mol. The molecule has 0 aliphatic carbocycles. The van der Waals surface area contributed by atoms with Gasteiger partial charge in [0.15, 0.2) is 87.1 Å². The smallest absolute Gasteiger partial charge is 0.335 e. The summed E-state index contributed by atoms with van der Waals surface area (Å²) in [6.45, 7) is -3.17. The van der Waals surface area contributed by atoms with Gasteiger partial charge in [-0.25, -0.2) is 24.0 Å². The molecule has 5 amide bonds. The van der Waals surface area contributed by atoms with E-state index in [9.17, 15) is 191 Å². The van der Waals surface area contributed by atoms with Gasteiger partial charge in [-0.2, -0.15) is 0 Å². The van der Waals surface area contributed by atoms with Crippen LogP contribution >= 0.6 is 0 Å². The molecule has 0 radical (unpaired) electrons. The molecule has 9 fully saturated rings. The highest BCUT2D eigenvalue weighted by atomic mass is 16.8. The fourth-order valence-corrected chi connectivity index (χ4v) is 15.9. The van der Waals surface area contributed by atoms with E-state index in [4.69, 9.17) is 85.3 Å². The molecule has 9 saturated heterocycles. The van der Waals surface area contributed by atoms with Crippen molar-refractivity contribution in [3.63, 3.8) is 0 Å². The number of amides is 5. The molecule has 0 unspecified atom stereocenters. The van der Waals surface area contributed by atoms with Gasteiger partial charge in [-0.3, -0.25) is 24.0 Å². The number of carboxylic acid groups (broad SMARTS) is 5. The third kappa shape index (κ3) is 24.2. The van der Waals surface area contributed by atoms with Gasteiger partial charge in [-0.15, -0.1) is 0 Å². The molecule has 9 rings (SSSR count). The molecule has 0 aromatic rings. The molecule has 9 heterocycles. The zero-order valence-corrected chi connectivity index (χ0v) is 69.0. The van der Waals surface area contributed by atoms with Gasteiger partial charge in [-0.05, 0) is 0 Å². The fourth-order valence-electron chi connectivity index (χ4n) is 15.9. The van der Waals surface area contributed by atoms with E-state index in [1.54, 1.807) is 0 Å². The van der Waals surface area contributed by atoms with Crippen molar-refractivity contribution >= 4 is 59.4 Å². The van der Waals surface area contributed by atoms with E-state index in [1.807, 2.05) is 0 Å². The molecule has 0 bridgehead atoms. The minimum atomic E-state index is -2.74. The maximum atomic E-state index is 13.4. The molecule has 61 nitrogen and oxygen atoms in total. The van der Waals surface area contributed by atoms with Crippen LogP contribution in [-0.2, 0) is 133 Å². The number of hydrogen-bond donors (Lipinski definition) is 33. The predicted octanol–water partition coefficient (Wildman–Crippen LogP) is -22.0. The number of aliphatic hydroxyl groups is 23. The number of nitrogens with one attached hydrogen (secondary N) is 5. The van der Waals surface area contributed by atoms with Crippen LogP contribution in [-0.4, -0.2) is 542 Å². The summed E-state index contributed by atoms with van der Waals surface area (Å²) < 4.78 is 102. The van der Waals surface area contributed by atoms with Crippen LogP contribution in [0.4, 0.5) is 0 Å². The monoisotopic (exact) mass is 1920 g/mol. The van der Waals surface area contributed by atoms with Crippen molar-refractivity contribution in [2.75, 3.05) is 39.6 Å². The Bertz CT molecular complexity index is 3840. The Balaban J connectivity index is 0.922. The lowest BCUT2D eigenvalue weighted by atomic mass is 9.93. The first-order valence-electron chi connectivity index (χ1n) is 40.0. The Hall–Kier alpha value is -6.94. The first kappa shape index (κ1) is 108. The predicted molar refractivity (Wildman–Crippen MR) is 393 cm³/mol. The highest BCUT2D eigenvalue weighted by Gasteiger charge is 2.64. The first-order chi connectivity index (χ1) is 61.5. The lowest BCUT2D eigenvalue weighted by molar-refractivity contribution is -0.381. The Morgan fingerprint density at radius 1 is 0.267 bits per heavy atom. The van der Waals surface area contributed by atoms with Gasteiger partial charge in [0.05, 0.1) is 45.7 Å². The van der Waals surface area contributed by atoms with Crippen LogP contribution in [0.1, 0.15) is 34.6 Å². The third-order valence-corrected chi connectivity index (χ3v) is 22.4. The van der Waals surface area contributed by atoms with E-state index in [0.29, 0.717) is 0 Å². The fraction of sp³-hybridized carbons (Fsp3) is 0.857. The Kier molecular flexibility index (Phi) is 38.0. The van der Waals surface area contributed by atoms with E-state index >= 15 is 0 Å². The van der Waals surface area contributed by atoms with Crippen LogP contribution in [0.2, 0.25) is 0 Å². The topological polar surface area (TPSA) is 963 Å². The first-order valence-corrected chi connectivity index (χ1v) is 40.0. The van der Waals surface area contributed by atoms with Gasteiger partial charge in [0.1, 0.15) is 207 Å². The van der Waals surface area contributed by atoms with Crippen molar-refractivity contribution in [3.8, 4) is 0 Å². The summed E-state index contributed by atoms with van der Waals surface area (Å²) in [5.74, 6) is -15.7. The molecule has 0 spiro atoms. The quantitative estimate of drug-likeness (QED) is 0.0275. The highest BCUT2D eigenvalue weighted by molar-refractivity contribution is 5.77. The number of ether oxygens (including phenoxy) is 18. The van der Waals surface area contributed by atoms with Crippen molar-refractivity contribution in [2.45, 2.75) is 335 Å². The summed E-state index contributed by atoms with van der Waals surface area (Å²) in [7, 11) is 0. The molecule has 0 aromatic carbocycles. The lowest BCUT2D eigenvalue weighted by Gasteiger charge is -2.51. The molecule has 33 N–H and O–H groups in total. The summed E-state index contributed by atoms with van der Waals surface area (Å²) in [6.07, 6.45) is -106. The number of carboxylic acids is 5. The number of hydrogen-bond acceptors (Lipinski definition) is 51. The van der Waals surface area contributed by atoms with Crippen molar-refractivity contribution in [3.05, 3.63) is 0 Å². The molecule has 49 atom stereocenters. The van der Waals surface area contributed by atoms with Gasteiger partial charge < -0.3 is 255 Å². The Labute approximate surface area is 735 Å². The van der Waals surface area contributed by atoms with Gasteiger partial charge >= 0.3 is 29.8 Å². The van der Waals surface area contributed by atoms with Crippen molar-refractivity contribution in [2.24, 2.45) is 0 Å². The standard InChI is InChI=1S/C70H109N5O56/c1-12(82)71-17(6-76)43(27(88)18(87)7-77)118-67-39(100)34(95)48(53(128-67)58(106)107)123-63-24(73-14(3)84)45(29(90)20(9-79)115-63)120-69-41(102)36(97)50(55(130-69)60(110)111)125-65-26(75-16(5)86)47(31(92)22(11-81)117-65)122-70-42(103)37(98)51(56(131-70)61(112)113)126-64-25(74-15(4)85)46(30(91)21(10-80)116-64)121-68-40(101)35(96)49(54(129-68)59(108)109)124-62-23(72-13(2)83)44(28(89)19(8-78)114-62)119-66-38(99)32(93)33(94)52(127-66)57(104)105/h17-56,62-70,76-81,87-103H,6-11H2,1-5H3,(H,71,82)(H,72,83)(H,73,84)(H,74,85)(H,75,86)(H,104,105)(H,106,107)(H,108,109)(H,110,111)(H,112,113)/t17-,18+,19+,20+,21+,22+,23+,24+,25+,26+,27+,28+,29+,30+,31+,32-,33-,34+,35+,36+,37+,38+,39+,40+,41+,42+,43+,44+,45+,46+,47+,48-,49-,50-,51-,52-,53-,54-,55-,56-,62-,63-,64-,65-,66+,67+,68+,69+,70+/m0/s1.